The molecule has 0 atom stereocenters. The molecule has 0 saturated carbocycles. The molecule has 3 aromatic rings. The number of hydrazone groups is 1. The van der Waals surface area contributed by atoms with Gasteiger partial charge in [0.05, 0.1) is 21.9 Å². The van der Waals surface area contributed by atoms with Crippen LogP contribution in [0.2, 0.25) is 10.0 Å². The van der Waals surface area contributed by atoms with Gasteiger partial charge in [0.15, 0.2) is 0 Å². The van der Waals surface area contributed by atoms with Gasteiger partial charge in [-0.1, -0.05) is 47.5 Å². The van der Waals surface area contributed by atoms with Gasteiger partial charge >= 0.3 is 0 Å². The van der Waals surface area contributed by atoms with Gasteiger partial charge < -0.3 is 4.90 Å². The summed E-state index contributed by atoms with van der Waals surface area (Å²) in [4.78, 5) is 14.2. The molecule has 0 spiro atoms. The molecule has 0 radical (unpaired) electrons. The SMILES string of the molecule is CN(C)c1ccc(C=NNC(=O)c2ccc(Cl)c(S(=O)(=O)Nc3ccccc3Cl)c2)cc1. The zero-order valence-corrected chi connectivity index (χ0v) is 19.5. The number of rotatable bonds is 7. The summed E-state index contributed by atoms with van der Waals surface area (Å²) in [6.07, 6.45) is 1.49. The zero-order chi connectivity index (χ0) is 23.3. The number of benzene rings is 3. The highest BCUT2D eigenvalue weighted by molar-refractivity contribution is 7.92. The molecule has 2 N–H and O–H groups in total. The number of nitrogens with zero attached hydrogens (tertiary/aromatic N) is 2. The van der Waals surface area contributed by atoms with Crippen LogP contribution < -0.4 is 15.0 Å². The predicted octanol–water partition coefficient (Wildman–Crippen LogP) is 4.62. The molecule has 0 bridgehead atoms. The largest absolute Gasteiger partial charge is 0.378 e. The Bertz CT molecular complexity index is 1260. The fourth-order valence-electron chi connectivity index (χ4n) is 2.68. The van der Waals surface area contributed by atoms with Crippen molar-refractivity contribution in [2.75, 3.05) is 23.7 Å². The Morgan fingerprint density at radius 2 is 1.66 bits per heavy atom. The van der Waals surface area contributed by atoms with E-state index in [-0.39, 0.29) is 26.2 Å². The van der Waals surface area contributed by atoms with E-state index in [4.69, 9.17) is 23.2 Å². The van der Waals surface area contributed by atoms with Gasteiger partial charge in [0.2, 0.25) is 0 Å². The first-order valence-electron chi connectivity index (χ1n) is 9.35. The van der Waals surface area contributed by atoms with Crippen molar-refractivity contribution in [1.82, 2.24) is 5.43 Å². The molecule has 0 heterocycles. The van der Waals surface area contributed by atoms with Crippen molar-refractivity contribution in [3.8, 4) is 0 Å². The smallest absolute Gasteiger partial charge is 0.271 e. The Kier molecular flexibility index (Phi) is 7.40. The van der Waals surface area contributed by atoms with Gasteiger partial charge in [-0.05, 0) is 48.0 Å². The molecule has 0 unspecified atom stereocenters. The lowest BCUT2D eigenvalue weighted by molar-refractivity contribution is 0.0955. The van der Waals surface area contributed by atoms with Crippen LogP contribution in [0.5, 0.6) is 0 Å². The maximum atomic E-state index is 12.8. The highest BCUT2D eigenvalue weighted by Crippen LogP contribution is 2.28. The van der Waals surface area contributed by atoms with E-state index in [0.29, 0.717) is 0 Å². The summed E-state index contributed by atoms with van der Waals surface area (Å²) in [7, 11) is -0.209. The Morgan fingerprint density at radius 3 is 2.31 bits per heavy atom. The number of amides is 1. The third-order valence-corrected chi connectivity index (χ3v) is 6.57. The summed E-state index contributed by atoms with van der Waals surface area (Å²) in [5.41, 5.74) is 4.48. The van der Waals surface area contributed by atoms with Crippen molar-refractivity contribution < 1.29 is 13.2 Å². The molecule has 0 fully saturated rings. The van der Waals surface area contributed by atoms with Crippen LogP contribution in [0.3, 0.4) is 0 Å². The topological polar surface area (TPSA) is 90.9 Å². The maximum absolute atomic E-state index is 12.8. The second-order valence-corrected chi connectivity index (χ2v) is 9.38. The summed E-state index contributed by atoms with van der Waals surface area (Å²) >= 11 is 12.1. The van der Waals surface area contributed by atoms with Crippen LogP contribution >= 0.6 is 23.2 Å². The number of carbonyl (C=O) groups excluding carboxylic acids is 1. The van der Waals surface area contributed by atoms with Crippen molar-refractivity contribution in [1.29, 1.82) is 0 Å². The molecule has 7 nitrogen and oxygen atoms in total. The minimum atomic E-state index is -4.09. The molecule has 0 aliphatic rings. The molecule has 166 valence electrons. The maximum Gasteiger partial charge on any atom is 0.271 e. The fraction of sp³-hybridized carbons (Fsp3) is 0.0909. The van der Waals surface area contributed by atoms with Crippen LogP contribution in [0, 0.1) is 0 Å². The molecule has 32 heavy (non-hydrogen) atoms. The molecule has 10 heteroatoms. The van der Waals surface area contributed by atoms with Gasteiger partial charge in [-0.25, -0.2) is 13.8 Å². The third-order valence-electron chi connectivity index (χ3n) is 4.39. The Morgan fingerprint density at radius 1 is 0.969 bits per heavy atom. The van der Waals surface area contributed by atoms with E-state index in [1.54, 1.807) is 18.2 Å². The standard InChI is InChI=1S/C22H20Cl2N4O3S/c1-28(2)17-10-7-15(8-11-17)14-25-26-22(29)16-9-12-19(24)21(13-16)32(30,31)27-20-6-4-3-5-18(20)23/h3-14,27H,1-2H3,(H,26,29). The Hall–Kier alpha value is -3.07. The number of sulfonamides is 1. The molecule has 0 aliphatic carbocycles. The second-order valence-electron chi connectivity index (χ2n) is 6.92. The minimum absolute atomic E-state index is 0.0365. The summed E-state index contributed by atoms with van der Waals surface area (Å²) in [6.45, 7) is 0. The second kappa shape index (κ2) is 10.0. The van der Waals surface area contributed by atoms with E-state index < -0.39 is 15.9 Å². The average Bonchev–Trinajstić information content (AvgIpc) is 2.75. The number of halogens is 2. The number of hydrogen-bond donors (Lipinski definition) is 2. The molecule has 0 saturated heterocycles. The fourth-order valence-corrected chi connectivity index (χ4v) is 4.53. The van der Waals surface area contributed by atoms with Crippen molar-refractivity contribution in [3.05, 3.63) is 87.9 Å². The summed E-state index contributed by atoms with van der Waals surface area (Å²) in [6, 6.07) is 17.9. The normalized spacial score (nSPS) is 11.4. The van der Waals surface area contributed by atoms with Crippen molar-refractivity contribution >= 4 is 56.7 Å². The van der Waals surface area contributed by atoms with E-state index >= 15 is 0 Å². The minimum Gasteiger partial charge on any atom is -0.378 e. The van der Waals surface area contributed by atoms with Crippen LogP contribution in [0.1, 0.15) is 15.9 Å². The number of anilines is 2. The monoisotopic (exact) mass is 490 g/mol. The van der Waals surface area contributed by atoms with Crippen LogP contribution in [0.4, 0.5) is 11.4 Å². The molecule has 3 aromatic carbocycles. The van der Waals surface area contributed by atoms with Crippen LogP contribution in [-0.2, 0) is 10.0 Å². The molecular weight excluding hydrogens is 471 g/mol. The van der Waals surface area contributed by atoms with E-state index in [0.717, 1.165) is 11.3 Å². The first-order valence-corrected chi connectivity index (χ1v) is 11.6. The summed E-state index contributed by atoms with van der Waals surface area (Å²) in [5.74, 6) is -0.586. The summed E-state index contributed by atoms with van der Waals surface area (Å²) < 4.78 is 28.0. The lowest BCUT2D eigenvalue weighted by atomic mass is 10.2. The lowest BCUT2D eigenvalue weighted by Gasteiger charge is -2.12. The highest BCUT2D eigenvalue weighted by Gasteiger charge is 2.21. The zero-order valence-electron chi connectivity index (χ0n) is 17.2. The third kappa shape index (κ3) is 5.79. The molecule has 0 aliphatic heterocycles. The predicted molar refractivity (Wildman–Crippen MR) is 130 cm³/mol. The summed E-state index contributed by atoms with van der Waals surface area (Å²) in [5, 5.41) is 4.13. The van der Waals surface area contributed by atoms with Gasteiger partial charge in [0.1, 0.15) is 4.90 Å². The van der Waals surface area contributed by atoms with Gasteiger partial charge in [-0.3, -0.25) is 9.52 Å². The number of hydrogen-bond acceptors (Lipinski definition) is 5. The van der Waals surface area contributed by atoms with Gasteiger partial charge in [-0.2, -0.15) is 5.10 Å². The average molecular weight is 491 g/mol. The quantitative estimate of drug-likeness (QED) is 0.373. The number of para-hydroxylation sites is 1. The van der Waals surface area contributed by atoms with Crippen LogP contribution in [0.25, 0.3) is 0 Å². The van der Waals surface area contributed by atoms with Gasteiger partial charge in [-0.15, -0.1) is 0 Å². The van der Waals surface area contributed by atoms with Gasteiger partial charge in [0, 0.05) is 25.3 Å². The number of nitrogens with one attached hydrogen (secondary N) is 2. The van der Waals surface area contributed by atoms with E-state index in [1.165, 1.54) is 30.5 Å². The molecule has 0 aromatic heterocycles. The van der Waals surface area contributed by atoms with E-state index in [2.05, 4.69) is 15.2 Å². The highest BCUT2D eigenvalue weighted by atomic mass is 35.5. The van der Waals surface area contributed by atoms with Crippen molar-refractivity contribution in [3.63, 3.8) is 0 Å². The molecular formula is C22H20Cl2N4O3S. The Labute approximate surface area is 196 Å². The molecule has 3 rings (SSSR count). The van der Waals surface area contributed by atoms with E-state index in [1.807, 2.05) is 43.3 Å². The van der Waals surface area contributed by atoms with Crippen LogP contribution in [0.15, 0.2) is 76.7 Å². The lowest BCUT2D eigenvalue weighted by Crippen LogP contribution is -2.19. The first kappa shape index (κ1) is 23.6. The van der Waals surface area contributed by atoms with Crippen LogP contribution in [-0.4, -0.2) is 34.6 Å². The number of carbonyl (C=O) groups is 1. The van der Waals surface area contributed by atoms with Crippen molar-refractivity contribution in [2.24, 2.45) is 5.10 Å². The van der Waals surface area contributed by atoms with Gasteiger partial charge in [0.25, 0.3) is 15.9 Å². The van der Waals surface area contributed by atoms with Crippen molar-refractivity contribution in [2.45, 2.75) is 4.90 Å². The molecule has 1 amide bonds. The van der Waals surface area contributed by atoms with E-state index in [9.17, 15) is 13.2 Å². The first-order chi connectivity index (χ1) is 15.2. The Balaban J connectivity index is 1.75.